The maximum absolute atomic E-state index is 13.7. The lowest BCUT2D eigenvalue weighted by molar-refractivity contribution is -0.719. The van der Waals surface area contributed by atoms with Crippen molar-refractivity contribution in [1.82, 2.24) is 4.57 Å². The summed E-state index contributed by atoms with van der Waals surface area (Å²) in [6.07, 6.45) is -23.1. The van der Waals surface area contributed by atoms with Crippen LogP contribution >= 0.6 is 0 Å². The van der Waals surface area contributed by atoms with E-state index in [1.807, 2.05) is 0 Å². The molecule has 0 saturated carbocycles. The van der Waals surface area contributed by atoms with Crippen molar-refractivity contribution in [2.24, 2.45) is 0 Å². The number of aromatic nitrogens is 2. The lowest BCUT2D eigenvalue weighted by Crippen LogP contribution is -2.65. The zero-order valence-corrected chi connectivity index (χ0v) is 12.9. The highest BCUT2D eigenvalue weighted by atomic mass is 19.4. The van der Waals surface area contributed by atoms with Crippen LogP contribution in [0.4, 0.5) is 70.2 Å². The minimum Gasteiger partial charge on any atom is -0.230 e. The number of alkyl halides is 16. The molecule has 1 aromatic heterocycles. The van der Waals surface area contributed by atoms with Gasteiger partial charge in [0.05, 0.1) is 0 Å². The predicted octanol–water partition coefficient (Wildman–Crippen LogP) is 4.99. The maximum atomic E-state index is 13.7. The van der Waals surface area contributed by atoms with E-state index in [0.29, 0.717) is 0 Å². The Labute approximate surface area is 148 Å². The fourth-order valence-electron chi connectivity index (χ4n) is 1.87. The molecule has 0 N–H and O–H groups in total. The molecule has 1 rings (SSSR count). The highest BCUT2D eigenvalue weighted by Crippen LogP contribution is 2.56. The van der Waals surface area contributed by atoms with Crippen LogP contribution in [0.2, 0.25) is 0 Å². The molecule has 0 bridgehead atoms. The van der Waals surface area contributed by atoms with Gasteiger partial charge in [-0.1, -0.05) is 0 Å². The van der Waals surface area contributed by atoms with E-state index >= 15 is 0 Å². The number of hydrogen-bond acceptors (Lipinski definition) is 0. The molecule has 0 atom stereocenters. The average molecular weight is 469 g/mol. The predicted molar refractivity (Wildman–Crippen MR) is 56.7 cm³/mol. The highest BCUT2D eigenvalue weighted by molar-refractivity contribution is 5.03. The van der Waals surface area contributed by atoms with Crippen LogP contribution in [-0.4, -0.2) is 40.6 Å². The van der Waals surface area contributed by atoms with Crippen LogP contribution in [0.15, 0.2) is 18.7 Å². The second-order valence-corrected chi connectivity index (χ2v) is 5.47. The molecule has 0 aliphatic carbocycles. The fraction of sp³-hybridized carbons (Fsp3) is 0.727. The number of hydrogen-bond donors (Lipinski definition) is 0. The van der Waals surface area contributed by atoms with Gasteiger partial charge in [0.2, 0.25) is 6.33 Å². The van der Waals surface area contributed by atoms with E-state index in [1.54, 1.807) is 0 Å². The van der Waals surface area contributed by atoms with Crippen LogP contribution < -0.4 is 4.57 Å². The van der Waals surface area contributed by atoms with Gasteiger partial charge >= 0.3 is 42.1 Å². The van der Waals surface area contributed by atoms with Crippen LogP contribution in [0.1, 0.15) is 0 Å². The summed E-state index contributed by atoms with van der Waals surface area (Å²) in [6.45, 7) is -2.81. The van der Waals surface area contributed by atoms with E-state index in [-0.39, 0.29) is 6.20 Å². The Morgan fingerprint density at radius 3 is 1.38 bits per heavy atom. The Bertz CT molecular complexity index is 706. The quantitative estimate of drug-likeness (QED) is 0.425. The normalized spacial score (nSPS) is 15.7. The molecule has 0 radical (unpaired) electrons. The van der Waals surface area contributed by atoms with Gasteiger partial charge in [-0.2, -0.15) is 70.4 Å². The van der Waals surface area contributed by atoms with Gasteiger partial charge in [-0.05, 0) is 0 Å². The lowest BCUT2D eigenvalue weighted by Gasteiger charge is -2.33. The van der Waals surface area contributed by atoms with Crippen LogP contribution in [0, 0.1) is 0 Å². The number of nitrogens with zero attached hydrogens (tertiary/aromatic N) is 2. The van der Waals surface area contributed by atoms with Crippen molar-refractivity contribution in [1.29, 1.82) is 0 Å². The molecule has 1 heterocycles. The second-order valence-electron chi connectivity index (χ2n) is 5.47. The molecular weight excluding hydrogens is 464 g/mol. The third-order valence-electron chi connectivity index (χ3n) is 3.41. The average Bonchev–Trinajstić information content (AvgIpc) is 2.90. The van der Waals surface area contributed by atoms with Gasteiger partial charge in [0.1, 0.15) is 12.4 Å². The first-order valence-corrected chi connectivity index (χ1v) is 6.53. The first kappa shape index (κ1) is 25.1. The molecule has 0 unspecified atom stereocenters. The minimum absolute atomic E-state index is 0.290. The van der Waals surface area contributed by atoms with Crippen molar-refractivity contribution >= 4 is 0 Å². The second kappa shape index (κ2) is 6.55. The fourth-order valence-corrected chi connectivity index (χ4v) is 1.87. The zero-order chi connectivity index (χ0) is 23.5. The molecule has 29 heavy (non-hydrogen) atoms. The van der Waals surface area contributed by atoms with Gasteiger partial charge < -0.3 is 0 Å². The Morgan fingerprint density at radius 1 is 0.621 bits per heavy atom. The van der Waals surface area contributed by atoms with Gasteiger partial charge in [-0.25, -0.2) is 8.96 Å². The van der Waals surface area contributed by atoms with Crippen LogP contribution in [-0.2, 0) is 12.6 Å². The van der Waals surface area contributed by atoms with Crippen molar-refractivity contribution in [3.8, 4) is 0 Å². The largest absolute Gasteiger partial charge is 0.460 e. The van der Waals surface area contributed by atoms with Gasteiger partial charge in [0, 0.05) is 0 Å². The van der Waals surface area contributed by atoms with Crippen molar-refractivity contribution in [3.63, 3.8) is 0 Å². The van der Waals surface area contributed by atoms with E-state index in [2.05, 4.69) is 0 Å². The third-order valence-corrected chi connectivity index (χ3v) is 3.41. The van der Waals surface area contributed by atoms with Crippen LogP contribution in [0.25, 0.3) is 0 Å². The van der Waals surface area contributed by atoms with E-state index in [0.717, 1.165) is 0 Å². The zero-order valence-electron chi connectivity index (χ0n) is 12.9. The van der Waals surface area contributed by atoms with Gasteiger partial charge in [-0.15, -0.1) is 0 Å². The van der Waals surface area contributed by atoms with Gasteiger partial charge in [0.15, 0.2) is 6.54 Å². The van der Waals surface area contributed by atoms with Crippen LogP contribution in [0.3, 0.4) is 0 Å². The molecule has 170 valence electrons. The molecule has 0 saturated heterocycles. The summed E-state index contributed by atoms with van der Waals surface area (Å²) in [5.41, 5.74) is -7.26. The highest BCUT2D eigenvalue weighted by Gasteiger charge is 2.87. The topological polar surface area (TPSA) is 8.81 Å². The molecule has 18 heteroatoms. The summed E-state index contributed by atoms with van der Waals surface area (Å²) in [5.74, 6) is -12.8. The molecule has 0 spiro atoms. The molecule has 0 aromatic carbocycles. The monoisotopic (exact) mass is 469 g/mol. The third kappa shape index (κ3) is 3.80. The standard InChI is InChI=1S/C11H5F16N2/c12-5(13,7(15,16)10(23,24)25)3-28-1-2-29(4-28)11(26,27)6(14,8(17,18)19)9(20,21)22/h1-2,4H,3H2/q+1. The maximum Gasteiger partial charge on any atom is 0.460 e. The SMILES string of the molecule is FC(F)(F)C(F)(F)C(F)(F)C[n+]1ccn(C(F)(F)C(F)(C(F)(F)F)C(F)(F)F)c1. The van der Waals surface area contributed by atoms with E-state index in [9.17, 15) is 70.2 Å². The molecular formula is C11H5F16N2+. The van der Waals surface area contributed by atoms with Gasteiger partial charge in [0.25, 0.3) is 0 Å². The summed E-state index contributed by atoms with van der Waals surface area (Å²) in [7, 11) is 0. The summed E-state index contributed by atoms with van der Waals surface area (Å²) in [4.78, 5) is 0. The van der Waals surface area contributed by atoms with Crippen molar-refractivity contribution < 1.29 is 74.8 Å². The molecule has 0 aliphatic rings. The Balaban J connectivity index is 3.40. The lowest BCUT2D eigenvalue weighted by atomic mass is 10.0. The van der Waals surface area contributed by atoms with E-state index in [1.165, 1.54) is 0 Å². The van der Waals surface area contributed by atoms with Crippen molar-refractivity contribution in [2.75, 3.05) is 0 Å². The number of imidazole rings is 1. The Hall–Kier alpha value is -1.91. The number of rotatable bonds is 5. The minimum atomic E-state index is -7.29. The van der Waals surface area contributed by atoms with Gasteiger partial charge in [-0.3, -0.25) is 0 Å². The molecule has 1 aromatic rings. The summed E-state index contributed by atoms with van der Waals surface area (Å²) >= 11 is 0. The van der Waals surface area contributed by atoms with Crippen LogP contribution in [0.5, 0.6) is 0 Å². The summed E-state index contributed by atoms with van der Waals surface area (Å²) in [6, 6.07) is -6.60. The van der Waals surface area contributed by atoms with E-state index < -0.39 is 70.3 Å². The first-order valence-electron chi connectivity index (χ1n) is 6.53. The molecule has 0 amide bonds. The van der Waals surface area contributed by atoms with E-state index in [4.69, 9.17) is 0 Å². The molecule has 2 nitrogen and oxygen atoms in total. The Kier molecular flexibility index (Phi) is 5.67. The number of halogens is 16. The first-order chi connectivity index (χ1) is 12.4. The van der Waals surface area contributed by atoms with Crippen molar-refractivity contribution in [3.05, 3.63) is 18.7 Å². The smallest absolute Gasteiger partial charge is 0.230 e. The van der Waals surface area contributed by atoms with Crippen molar-refractivity contribution in [2.45, 2.75) is 48.6 Å². The molecule has 0 aliphatic heterocycles. The summed E-state index contributed by atoms with van der Waals surface area (Å²) < 4.78 is 201. The molecule has 0 fully saturated rings. The summed E-state index contributed by atoms with van der Waals surface area (Å²) in [5, 5.41) is 0. The Morgan fingerprint density at radius 2 is 1.03 bits per heavy atom.